The Balaban J connectivity index is 1.57. The number of hydrogen-bond donors (Lipinski definition) is 2. The molecule has 4 bridgehead atoms. The van der Waals surface area contributed by atoms with Crippen molar-refractivity contribution in [1.82, 2.24) is 10.6 Å². The summed E-state index contributed by atoms with van der Waals surface area (Å²) in [6.45, 7) is 1.49. The summed E-state index contributed by atoms with van der Waals surface area (Å²) in [7, 11) is 1.42. The summed E-state index contributed by atoms with van der Waals surface area (Å²) in [5, 5.41) is 4.42. The number of esters is 1. The lowest BCUT2D eigenvalue weighted by Gasteiger charge is -2.60. The first-order chi connectivity index (χ1) is 11.2. The number of carbonyl (C=O) groups excluding carboxylic acids is 3. The van der Waals surface area contributed by atoms with E-state index < -0.39 is 18.0 Å². The number of imide groups is 1. The van der Waals surface area contributed by atoms with Gasteiger partial charge in [-0.1, -0.05) is 15.9 Å². The molecule has 134 valence electrons. The van der Waals surface area contributed by atoms with E-state index in [2.05, 4.69) is 26.6 Å². The molecule has 3 amide bonds. The van der Waals surface area contributed by atoms with Crippen LogP contribution >= 0.6 is 15.9 Å². The fourth-order valence-corrected chi connectivity index (χ4v) is 6.93. The van der Waals surface area contributed by atoms with Gasteiger partial charge in [0.2, 0.25) is 0 Å². The Morgan fingerprint density at radius 3 is 2.38 bits per heavy atom. The molecule has 2 N–H and O–H groups in total. The molecule has 0 aromatic rings. The summed E-state index contributed by atoms with van der Waals surface area (Å²) in [6.07, 6.45) is 6.30. The molecule has 0 aromatic heterocycles. The van der Waals surface area contributed by atoms with Crippen LogP contribution in [0.2, 0.25) is 0 Å². The monoisotopic (exact) mass is 400 g/mol. The van der Waals surface area contributed by atoms with Gasteiger partial charge in [0.15, 0.2) is 6.10 Å². The average Bonchev–Trinajstić information content (AvgIpc) is 2.43. The molecule has 0 spiro atoms. The maximum absolute atomic E-state index is 12.4. The molecule has 0 saturated heterocycles. The predicted molar refractivity (Wildman–Crippen MR) is 91.5 cm³/mol. The molecule has 4 fully saturated rings. The Labute approximate surface area is 150 Å². The third-order valence-corrected chi connectivity index (χ3v) is 6.70. The van der Waals surface area contributed by atoms with Crippen LogP contribution in [0.15, 0.2) is 0 Å². The van der Waals surface area contributed by atoms with Gasteiger partial charge in [-0.15, -0.1) is 0 Å². The standard InChI is InChI=1S/C17H25BrN2O4/c1-10(14(22)20-15(23)19-2)24-13(21)8-16-4-11-3-12(5-16)7-17(18,6-11)9-16/h10-12H,3-9H2,1-2H3,(H2,19,20,22,23)/t10-,11+,12+,16?,17?/m1/s1. The van der Waals surface area contributed by atoms with E-state index in [4.69, 9.17) is 4.74 Å². The van der Waals surface area contributed by atoms with Gasteiger partial charge < -0.3 is 10.1 Å². The molecule has 4 saturated carbocycles. The largest absolute Gasteiger partial charge is 0.453 e. The number of urea groups is 1. The highest BCUT2D eigenvalue weighted by molar-refractivity contribution is 9.10. The molecule has 0 unspecified atom stereocenters. The van der Waals surface area contributed by atoms with E-state index >= 15 is 0 Å². The number of hydrogen-bond acceptors (Lipinski definition) is 4. The van der Waals surface area contributed by atoms with Crippen molar-refractivity contribution < 1.29 is 19.1 Å². The summed E-state index contributed by atoms with van der Waals surface area (Å²) < 4.78 is 5.48. The number of rotatable bonds is 4. The van der Waals surface area contributed by atoms with Crippen molar-refractivity contribution in [2.45, 2.75) is 62.3 Å². The minimum atomic E-state index is -0.971. The topological polar surface area (TPSA) is 84.5 Å². The van der Waals surface area contributed by atoms with Gasteiger partial charge >= 0.3 is 12.0 Å². The van der Waals surface area contributed by atoms with Gasteiger partial charge in [0.05, 0.1) is 6.42 Å². The fraction of sp³-hybridized carbons (Fsp3) is 0.824. The van der Waals surface area contributed by atoms with Crippen LogP contribution in [0, 0.1) is 17.3 Å². The van der Waals surface area contributed by atoms with Gasteiger partial charge in [0.25, 0.3) is 5.91 Å². The van der Waals surface area contributed by atoms with Crippen molar-refractivity contribution in [3.63, 3.8) is 0 Å². The third-order valence-electron chi connectivity index (χ3n) is 5.77. The maximum atomic E-state index is 12.4. The van der Waals surface area contributed by atoms with Crippen molar-refractivity contribution in [1.29, 1.82) is 0 Å². The molecule has 6 nitrogen and oxygen atoms in total. The van der Waals surface area contributed by atoms with Crippen LogP contribution < -0.4 is 10.6 Å². The van der Waals surface area contributed by atoms with E-state index in [1.54, 1.807) is 0 Å². The molecule has 0 radical (unpaired) electrons. The minimum Gasteiger partial charge on any atom is -0.453 e. The lowest BCUT2D eigenvalue weighted by molar-refractivity contribution is -0.160. The van der Waals surface area contributed by atoms with E-state index in [0.29, 0.717) is 18.3 Å². The Hall–Kier alpha value is -1.11. The quantitative estimate of drug-likeness (QED) is 0.560. The van der Waals surface area contributed by atoms with Gasteiger partial charge in [-0.05, 0) is 62.7 Å². The average molecular weight is 401 g/mol. The summed E-state index contributed by atoms with van der Waals surface area (Å²) in [4.78, 5) is 35.3. The molecular weight excluding hydrogens is 376 g/mol. The fourth-order valence-electron chi connectivity index (χ4n) is 5.42. The molecule has 4 rings (SSSR count). The zero-order valence-corrected chi connectivity index (χ0v) is 15.8. The van der Waals surface area contributed by atoms with Crippen molar-refractivity contribution in [2.75, 3.05) is 7.05 Å². The molecule has 4 aliphatic rings. The number of ether oxygens (including phenoxy) is 1. The van der Waals surface area contributed by atoms with Crippen molar-refractivity contribution >= 4 is 33.8 Å². The number of carbonyl (C=O) groups is 3. The number of amides is 3. The second-order valence-electron chi connectivity index (χ2n) is 7.99. The first-order valence-electron chi connectivity index (χ1n) is 8.64. The summed E-state index contributed by atoms with van der Waals surface area (Å²) >= 11 is 3.93. The highest BCUT2D eigenvalue weighted by Crippen LogP contribution is 2.65. The van der Waals surface area contributed by atoms with Crippen molar-refractivity contribution in [3.05, 3.63) is 0 Å². The van der Waals surface area contributed by atoms with Crippen LogP contribution in [0.4, 0.5) is 4.79 Å². The van der Waals surface area contributed by atoms with Crippen LogP contribution in [0.3, 0.4) is 0 Å². The second-order valence-corrected chi connectivity index (χ2v) is 9.67. The highest BCUT2D eigenvalue weighted by Gasteiger charge is 2.57. The molecule has 0 aromatic carbocycles. The van der Waals surface area contributed by atoms with Gasteiger partial charge in [-0.2, -0.15) is 0 Å². The van der Waals surface area contributed by atoms with Crippen molar-refractivity contribution in [3.8, 4) is 0 Å². The molecule has 7 heteroatoms. The van der Waals surface area contributed by atoms with Gasteiger partial charge in [0, 0.05) is 11.4 Å². The molecule has 0 aliphatic heterocycles. The Kier molecular flexibility index (Phi) is 4.66. The smallest absolute Gasteiger partial charge is 0.321 e. The van der Waals surface area contributed by atoms with Crippen molar-refractivity contribution in [2.24, 2.45) is 17.3 Å². The zero-order valence-electron chi connectivity index (χ0n) is 14.2. The number of alkyl halides is 1. The third kappa shape index (κ3) is 3.60. The Morgan fingerprint density at radius 1 is 1.21 bits per heavy atom. The first-order valence-corrected chi connectivity index (χ1v) is 9.43. The summed E-state index contributed by atoms with van der Waals surface area (Å²) in [6, 6.07) is -0.606. The van der Waals surface area contributed by atoms with Gasteiger partial charge in [-0.25, -0.2) is 4.79 Å². The molecule has 24 heavy (non-hydrogen) atoms. The van der Waals surface area contributed by atoms with Crippen LogP contribution in [0.1, 0.15) is 51.9 Å². The minimum absolute atomic E-state index is 0.0155. The SMILES string of the molecule is CNC(=O)NC(=O)[C@@H](C)OC(=O)CC12C[C@@H]3C[C@H](CC(Br)(C3)C1)C2. The van der Waals surface area contributed by atoms with E-state index in [9.17, 15) is 14.4 Å². The Morgan fingerprint density at radius 2 is 1.83 bits per heavy atom. The maximum Gasteiger partial charge on any atom is 0.321 e. The van der Waals surface area contributed by atoms with E-state index in [1.165, 1.54) is 33.2 Å². The summed E-state index contributed by atoms with van der Waals surface area (Å²) in [5.74, 6) is 0.456. The van der Waals surface area contributed by atoms with E-state index in [1.807, 2.05) is 0 Å². The predicted octanol–water partition coefficient (Wildman–Crippen LogP) is 2.50. The van der Waals surface area contributed by atoms with Crippen LogP contribution in [0.25, 0.3) is 0 Å². The number of halogens is 1. The van der Waals surface area contributed by atoms with Gasteiger partial charge in [0.1, 0.15) is 0 Å². The van der Waals surface area contributed by atoms with Crippen LogP contribution in [-0.4, -0.2) is 35.4 Å². The Bertz CT molecular complexity index is 551. The molecule has 0 heterocycles. The number of nitrogens with one attached hydrogen (secondary N) is 2. The van der Waals surface area contributed by atoms with Crippen LogP contribution in [0.5, 0.6) is 0 Å². The van der Waals surface area contributed by atoms with Crippen LogP contribution in [-0.2, 0) is 14.3 Å². The highest BCUT2D eigenvalue weighted by atomic mass is 79.9. The lowest BCUT2D eigenvalue weighted by Crippen LogP contribution is -2.53. The second kappa shape index (κ2) is 6.32. The zero-order chi connectivity index (χ0) is 17.5. The normalized spacial score (nSPS) is 37.6. The van der Waals surface area contributed by atoms with E-state index in [0.717, 1.165) is 19.3 Å². The molecule has 3 atom stereocenters. The molecular formula is C17H25BrN2O4. The lowest BCUT2D eigenvalue weighted by atomic mass is 9.49. The first kappa shape index (κ1) is 17.7. The summed E-state index contributed by atoms with van der Waals surface area (Å²) in [5.41, 5.74) is 0.0155. The molecule has 4 aliphatic carbocycles. The van der Waals surface area contributed by atoms with Gasteiger partial charge in [-0.3, -0.25) is 14.9 Å². The van der Waals surface area contributed by atoms with E-state index in [-0.39, 0.29) is 15.7 Å².